The van der Waals surface area contributed by atoms with Crippen LogP contribution in [0.4, 0.5) is 0 Å². The molecule has 0 aliphatic rings. The maximum Gasteiger partial charge on any atom is 0.323 e. The Bertz CT molecular complexity index is 456. The molecule has 118 valence electrons. The number of nitrogens with zero attached hydrogens (tertiary/aromatic N) is 2. The topological polar surface area (TPSA) is 75.1 Å². The average molecular weight is 311 g/mol. The number of unbranched alkanes of at least 4 members (excludes halogenated alkanes) is 1. The molecule has 21 heavy (non-hydrogen) atoms. The van der Waals surface area contributed by atoms with E-state index in [0.29, 0.717) is 6.42 Å². The Hall–Kier alpha value is -1.14. The van der Waals surface area contributed by atoms with Crippen LogP contribution in [0.3, 0.4) is 0 Å². The smallest absolute Gasteiger partial charge is 0.323 e. The molecule has 0 bridgehead atoms. The van der Waals surface area contributed by atoms with Gasteiger partial charge in [0.25, 0.3) is 0 Å². The first-order valence-electron chi connectivity index (χ1n) is 7.39. The third kappa shape index (κ3) is 6.44. The molecule has 1 rings (SSSR count). The maximum absolute atomic E-state index is 11.4. The van der Waals surface area contributed by atoms with Crippen molar-refractivity contribution in [2.45, 2.75) is 57.1 Å². The molecule has 0 spiro atoms. The van der Waals surface area contributed by atoms with E-state index in [1.807, 2.05) is 19.9 Å². The molecule has 6 heteroatoms. The molecule has 5 nitrogen and oxygen atoms in total. The van der Waals surface area contributed by atoms with E-state index >= 15 is 0 Å². The molecule has 0 saturated carbocycles. The zero-order valence-corrected chi connectivity index (χ0v) is 13.9. The van der Waals surface area contributed by atoms with Crippen molar-refractivity contribution in [3.05, 3.63) is 18.0 Å². The lowest BCUT2D eigenvalue weighted by Gasteiger charge is -2.26. The molecule has 0 aliphatic carbocycles. The number of aromatic nitrogens is 2. The molecule has 0 aromatic carbocycles. The lowest BCUT2D eigenvalue weighted by molar-refractivity contribution is -0.144. The van der Waals surface area contributed by atoms with E-state index in [1.165, 1.54) is 0 Å². The molecule has 1 aromatic rings. The number of hydrogen-bond donors (Lipinski definition) is 2. The predicted molar refractivity (Wildman–Crippen MR) is 85.7 cm³/mol. The van der Waals surface area contributed by atoms with Crippen molar-refractivity contribution in [2.75, 3.05) is 12.3 Å². The Labute approximate surface area is 131 Å². The van der Waals surface area contributed by atoms with Gasteiger partial charge in [-0.1, -0.05) is 25.1 Å². The summed E-state index contributed by atoms with van der Waals surface area (Å²) < 4.78 is 0. The van der Waals surface area contributed by atoms with Crippen LogP contribution in [-0.2, 0) is 4.79 Å². The molecule has 0 saturated heterocycles. The van der Waals surface area contributed by atoms with Gasteiger partial charge in [0.2, 0.25) is 0 Å². The molecule has 0 aliphatic heterocycles. The van der Waals surface area contributed by atoms with Gasteiger partial charge >= 0.3 is 5.97 Å². The van der Waals surface area contributed by atoms with Crippen molar-refractivity contribution in [2.24, 2.45) is 0 Å². The van der Waals surface area contributed by atoms with Gasteiger partial charge in [-0.25, -0.2) is 9.97 Å². The van der Waals surface area contributed by atoms with Crippen LogP contribution < -0.4 is 5.32 Å². The summed E-state index contributed by atoms with van der Waals surface area (Å²) in [4.78, 5) is 19.9. The van der Waals surface area contributed by atoms with Gasteiger partial charge in [-0.2, -0.15) is 0 Å². The van der Waals surface area contributed by atoms with Crippen molar-refractivity contribution in [3.8, 4) is 0 Å². The van der Waals surface area contributed by atoms with Crippen LogP contribution in [0.2, 0.25) is 0 Å². The van der Waals surface area contributed by atoms with Crippen molar-refractivity contribution in [1.82, 2.24) is 15.3 Å². The molecule has 2 N–H and O–H groups in total. The number of carboxylic acid groups (broad SMARTS) is 1. The lowest BCUT2D eigenvalue weighted by Crippen LogP contribution is -2.49. The third-order valence-corrected chi connectivity index (χ3v) is 4.26. The predicted octanol–water partition coefficient (Wildman–Crippen LogP) is 2.89. The van der Waals surface area contributed by atoms with E-state index in [-0.39, 0.29) is 0 Å². The number of carbonyl (C=O) groups is 1. The fourth-order valence-electron chi connectivity index (χ4n) is 1.91. The summed E-state index contributed by atoms with van der Waals surface area (Å²) in [5.41, 5.74) is 0.148. The molecule has 1 atom stereocenters. The molecule has 0 fully saturated rings. The standard InChI is InChI=1S/C15H25N3O2S/c1-4-9-17-15(3,13(19)20)8-5-6-11-21-14-16-10-7-12(2)18-14/h7,10,17H,4-6,8-9,11H2,1-3H3,(H,19,20). The highest BCUT2D eigenvalue weighted by molar-refractivity contribution is 7.99. The average Bonchev–Trinajstić information content (AvgIpc) is 2.44. The van der Waals surface area contributed by atoms with E-state index < -0.39 is 11.5 Å². The number of aliphatic carboxylic acids is 1. The zero-order chi connectivity index (χ0) is 15.7. The summed E-state index contributed by atoms with van der Waals surface area (Å²) in [5, 5.41) is 13.3. The second-order valence-corrected chi connectivity index (χ2v) is 6.41. The minimum Gasteiger partial charge on any atom is -0.480 e. The van der Waals surface area contributed by atoms with Gasteiger partial charge in [0.15, 0.2) is 5.16 Å². The maximum atomic E-state index is 11.4. The summed E-state index contributed by atoms with van der Waals surface area (Å²) in [6.45, 7) is 6.48. The largest absolute Gasteiger partial charge is 0.480 e. The minimum atomic E-state index is -0.819. The number of aryl methyl sites for hydroxylation is 1. The molecule has 1 heterocycles. The molecule has 0 radical (unpaired) electrons. The van der Waals surface area contributed by atoms with E-state index in [2.05, 4.69) is 15.3 Å². The lowest BCUT2D eigenvalue weighted by atomic mass is 9.95. The number of carboxylic acids is 1. The number of rotatable bonds is 10. The van der Waals surface area contributed by atoms with Gasteiger partial charge in [0, 0.05) is 17.6 Å². The van der Waals surface area contributed by atoms with E-state index in [4.69, 9.17) is 0 Å². The molecule has 1 aromatic heterocycles. The number of nitrogens with one attached hydrogen (secondary N) is 1. The third-order valence-electron chi connectivity index (χ3n) is 3.31. The first-order chi connectivity index (χ1) is 9.98. The highest BCUT2D eigenvalue weighted by Crippen LogP contribution is 2.19. The normalized spacial score (nSPS) is 13.9. The van der Waals surface area contributed by atoms with E-state index in [0.717, 1.165) is 42.4 Å². The Morgan fingerprint density at radius 1 is 1.48 bits per heavy atom. The van der Waals surface area contributed by atoms with Gasteiger partial charge in [-0.05, 0) is 45.7 Å². The van der Waals surface area contributed by atoms with Crippen LogP contribution in [-0.4, -0.2) is 38.9 Å². The fraction of sp³-hybridized carbons (Fsp3) is 0.667. The molecule has 1 unspecified atom stereocenters. The summed E-state index contributed by atoms with van der Waals surface area (Å²) in [5.74, 6) is 0.137. The highest BCUT2D eigenvalue weighted by atomic mass is 32.2. The fourth-order valence-corrected chi connectivity index (χ4v) is 2.79. The van der Waals surface area contributed by atoms with Crippen molar-refractivity contribution >= 4 is 17.7 Å². The van der Waals surface area contributed by atoms with Gasteiger partial charge in [0.05, 0.1) is 0 Å². The van der Waals surface area contributed by atoms with E-state index in [1.54, 1.807) is 24.9 Å². The Kier molecular flexibility index (Phi) is 7.67. The summed E-state index contributed by atoms with van der Waals surface area (Å²) in [6.07, 6.45) is 5.17. The van der Waals surface area contributed by atoms with E-state index in [9.17, 15) is 9.90 Å². The van der Waals surface area contributed by atoms with Crippen LogP contribution in [0.1, 0.15) is 45.2 Å². The van der Waals surface area contributed by atoms with Gasteiger partial charge in [-0.15, -0.1) is 0 Å². The first kappa shape index (κ1) is 17.9. The van der Waals surface area contributed by atoms with Crippen LogP contribution in [0.15, 0.2) is 17.4 Å². The second kappa shape index (κ2) is 9.00. The van der Waals surface area contributed by atoms with Gasteiger partial charge in [0.1, 0.15) is 5.54 Å². The number of hydrogen-bond acceptors (Lipinski definition) is 5. The van der Waals surface area contributed by atoms with Crippen LogP contribution in [0.5, 0.6) is 0 Å². The summed E-state index contributed by atoms with van der Waals surface area (Å²) >= 11 is 1.62. The van der Waals surface area contributed by atoms with Gasteiger partial charge in [-0.3, -0.25) is 4.79 Å². The van der Waals surface area contributed by atoms with Crippen molar-refractivity contribution in [1.29, 1.82) is 0 Å². The van der Waals surface area contributed by atoms with Crippen molar-refractivity contribution < 1.29 is 9.90 Å². The molecular weight excluding hydrogens is 286 g/mol. The van der Waals surface area contributed by atoms with Crippen molar-refractivity contribution in [3.63, 3.8) is 0 Å². The van der Waals surface area contributed by atoms with Crippen LogP contribution >= 0.6 is 11.8 Å². The quantitative estimate of drug-likeness (QED) is 0.393. The first-order valence-corrected chi connectivity index (χ1v) is 8.37. The Morgan fingerprint density at radius 2 is 2.24 bits per heavy atom. The second-order valence-electron chi connectivity index (χ2n) is 5.35. The monoisotopic (exact) mass is 311 g/mol. The number of thioether (sulfide) groups is 1. The summed E-state index contributed by atoms with van der Waals surface area (Å²) in [6, 6.07) is 1.88. The SMILES string of the molecule is CCCNC(C)(CCCCSc1nccc(C)n1)C(=O)O. The highest BCUT2D eigenvalue weighted by Gasteiger charge is 2.31. The minimum absolute atomic E-state index is 0.636. The summed E-state index contributed by atoms with van der Waals surface area (Å²) in [7, 11) is 0. The van der Waals surface area contributed by atoms with Crippen LogP contribution in [0, 0.1) is 6.92 Å². The molecule has 0 amide bonds. The van der Waals surface area contributed by atoms with Crippen LogP contribution in [0.25, 0.3) is 0 Å². The van der Waals surface area contributed by atoms with Gasteiger partial charge < -0.3 is 10.4 Å². The Morgan fingerprint density at radius 3 is 2.86 bits per heavy atom. The zero-order valence-electron chi connectivity index (χ0n) is 13.1. The molecular formula is C15H25N3O2S. The Balaban J connectivity index is 2.30.